The third-order valence-corrected chi connectivity index (χ3v) is 3.42. The largest absolute Gasteiger partial charge is 0.127 e. The second-order valence-corrected chi connectivity index (χ2v) is 5.36. The van der Waals surface area contributed by atoms with Crippen LogP contribution in [0.25, 0.3) is 0 Å². The molecule has 0 aliphatic heterocycles. The molecule has 86 valence electrons. The van der Waals surface area contributed by atoms with Gasteiger partial charge in [0.2, 0.25) is 0 Å². The molecule has 0 aliphatic rings. The van der Waals surface area contributed by atoms with Crippen molar-refractivity contribution in [3.8, 4) is 0 Å². The predicted octanol–water partition coefficient (Wildman–Crippen LogP) is 5.19. The monoisotopic (exact) mass is 258 g/mol. The van der Waals surface area contributed by atoms with Crippen molar-refractivity contribution < 1.29 is 0 Å². The highest BCUT2D eigenvalue weighted by Crippen LogP contribution is 2.18. The van der Waals surface area contributed by atoms with E-state index in [-0.39, 0.29) is 5.38 Å². The lowest BCUT2D eigenvalue weighted by Crippen LogP contribution is -2.03. The zero-order valence-corrected chi connectivity index (χ0v) is 11.2. The summed E-state index contributed by atoms with van der Waals surface area (Å²) in [6.45, 7) is 2.19. The van der Waals surface area contributed by atoms with Crippen LogP contribution in [0.2, 0.25) is 0 Å². The summed E-state index contributed by atoms with van der Waals surface area (Å²) in [5.41, 5.74) is 0. The molecule has 0 bridgehead atoms. The molecule has 0 nitrogen and oxygen atoms in total. The van der Waals surface area contributed by atoms with Crippen LogP contribution in [0, 0.1) is 0 Å². The van der Waals surface area contributed by atoms with Crippen LogP contribution in [0.3, 0.4) is 0 Å². The van der Waals surface area contributed by atoms with Crippen LogP contribution in [-0.4, -0.2) is 16.6 Å². The lowest BCUT2D eigenvalue weighted by molar-refractivity contribution is 0.582. The Bertz CT molecular complexity index is 117. The quantitative estimate of drug-likeness (QED) is 0.500. The number of unbranched alkanes of at least 4 members (excludes halogenated alkanes) is 1. The minimum atomic E-state index is 0.238. The summed E-state index contributed by atoms with van der Waals surface area (Å²) in [7, 11) is 0. The first-order chi connectivity index (χ1) is 6.70. The molecule has 0 spiro atoms. The van der Waals surface area contributed by atoms with Crippen LogP contribution < -0.4 is 0 Å². The first kappa shape index (κ1) is 14.9. The molecule has 3 heteroatoms. The molecule has 0 saturated carbocycles. The second kappa shape index (κ2) is 10.4. The summed E-state index contributed by atoms with van der Waals surface area (Å²) in [4.78, 5) is 0. The molecule has 0 heterocycles. The molecule has 0 aromatic heterocycles. The van der Waals surface area contributed by atoms with Gasteiger partial charge in [-0.1, -0.05) is 26.2 Å². The van der Waals surface area contributed by atoms with E-state index in [2.05, 4.69) is 6.92 Å². The van der Waals surface area contributed by atoms with E-state index in [9.17, 15) is 0 Å². The third-order valence-electron chi connectivity index (χ3n) is 2.33. The van der Waals surface area contributed by atoms with Crippen LogP contribution in [0.1, 0.15) is 51.9 Å². The predicted molar refractivity (Wildman–Crippen MR) is 68.0 cm³/mol. The van der Waals surface area contributed by atoms with E-state index < -0.39 is 0 Å². The van der Waals surface area contributed by atoms with Crippen molar-refractivity contribution in [2.24, 2.45) is 0 Å². The Hall–Kier alpha value is 0.870. The van der Waals surface area contributed by atoms with E-state index in [1.165, 1.54) is 12.8 Å². The summed E-state index contributed by atoms with van der Waals surface area (Å²) in [6, 6.07) is 0. The van der Waals surface area contributed by atoms with Gasteiger partial charge in [-0.15, -0.1) is 34.8 Å². The fourth-order valence-corrected chi connectivity index (χ4v) is 2.34. The highest BCUT2D eigenvalue weighted by molar-refractivity contribution is 6.22. The van der Waals surface area contributed by atoms with Gasteiger partial charge in [0.25, 0.3) is 0 Å². The van der Waals surface area contributed by atoms with Crippen LogP contribution in [0.5, 0.6) is 0 Å². The van der Waals surface area contributed by atoms with Gasteiger partial charge in [-0.3, -0.25) is 0 Å². The summed E-state index contributed by atoms with van der Waals surface area (Å²) in [5.74, 6) is 0.661. The van der Waals surface area contributed by atoms with Gasteiger partial charge < -0.3 is 0 Å². The van der Waals surface area contributed by atoms with Crippen LogP contribution in [-0.2, 0) is 0 Å². The molecule has 2 atom stereocenters. The number of hydrogen-bond donors (Lipinski definition) is 0. The molecule has 0 N–H and O–H groups in total. The average Bonchev–Trinajstić information content (AvgIpc) is 2.15. The first-order valence-electron chi connectivity index (χ1n) is 5.54. The fourth-order valence-electron chi connectivity index (χ4n) is 1.39. The molecule has 0 rings (SSSR count). The maximum absolute atomic E-state index is 6.15. The smallest absolute Gasteiger partial charge is 0.0347 e. The topological polar surface area (TPSA) is 0 Å². The van der Waals surface area contributed by atoms with Crippen LogP contribution >= 0.6 is 34.8 Å². The molecular weight excluding hydrogens is 238 g/mol. The highest BCUT2D eigenvalue weighted by atomic mass is 35.5. The molecule has 2 unspecified atom stereocenters. The average molecular weight is 260 g/mol. The number of alkyl halides is 3. The normalized spacial score (nSPS) is 15.4. The Kier molecular flexibility index (Phi) is 11.0. The van der Waals surface area contributed by atoms with Gasteiger partial charge in [0.15, 0.2) is 0 Å². The van der Waals surface area contributed by atoms with Crippen LogP contribution in [0.15, 0.2) is 0 Å². The Balaban J connectivity index is 3.25. The molecule has 0 aromatic rings. The van der Waals surface area contributed by atoms with E-state index >= 15 is 0 Å². The van der Waals surface area contributed by atoms with E-state index in [4.69, 9.17) is 34.8 Å². The van der Waals surface area contributed by atoms with Crippen molar-refractivity contribution in [2.45, 2.75) is 62.6 Å². The second-order valence-electron chi connectivity index (χ2n) is 3.75. The Morgan fingerprint density at radius 2 is 1.36 bits per heavy atom. The van der Waals surface area contributed by atoms with Gasteiger partial charge in [0.05, 0.1) is 0 Å². The molecule has 0 saturated heterocycles. The minimum absolute atomic E-state index is 0.238. The van der Waals surface area contributed by atoms with Gasteiger partial charge in [-0.05, 0) is 25.7 Å². The van der Waals surface area contributed by atoms with Gasteiger partial charge >= 0.3 is 0 Å². The zero-order valence-electron chi connectivity index (χ0n) is 8.95. The maximum Gasteiger partial charge on any atom is 0.0347 e. The van der Waals surface area contributed by atoms with Crippen molar-refractivity contribution in [3.05, 3.63) is 0 Å². The SMILES string of the molecule is CCCCC(Cl)CCCC(Cl)CCCl. The Labute approximate surface area is 103 Å². The van der Waals surface area contributed by atoms with Crippen molar-refractivity contribution in [1.29, 1.82) is 0 Å². The number of halogens is 3. The first-order valence-corrected chi connectivity index (χ1v) is 6.95. The lowest BCUT2D eigenvalue weighted by Gasteiger charge is -2.10. The van der Waals surface area contributed by atoms with E-state index in [1.807, 2.05) is 0 Å². The Morgan fingerprint density at radius 1 is 0.857 bits per heavy atom. The molecule has 0 aromatic carbocycles. The number of hydrogen-bond acceptors (Lipinski definition) is 0. The van der Waals surface area contributed by atoms with E-state index in [0.29, 0.717) is 11.3 Å². The van der Waals surface area contributed by atoms with Crippen molar-refractivity contribution in [2.75, 3.05) is 5.88 Å². The van der Waals surface area contributed by atoms with Gasteiger partial charge in [0.1, 0.15) is 0 Å². The molecule has 14 heavy (non-hydrogen) atoms. The van der Waals surface area contributed by atoms with E-state index in [1.54, 1.807) is 0 Å². The van der Waals surface area contributed by atoms with Gasteiger partial charge in [0, 0.05) is 16.6 Å². The third kappa shape index (κ3) is 9.43. The standard InChI is InChI=1S/C11H21Cl3/c1-2-3-5-10(13)6-4-7-11(14)8-9-12/h10-11H,2-9H2,1H3. The molecular formula is C11H21Cl3. The van der Waals surface area contributed by atoms with Gasteiger partial charge in [-0.2, -0.15) is 0 Å². The molecule has 0 aliphatic carbocycles. The number of rotatable bonds is 9. The van der Waals surface area contributed by atoms with Gasteiger partial charge in [-0.25, -0.2) is 0 Å². The van der Waals surface area contributed by atoms with Crippen molar-refractivity contribution >= 4 is 34.8 Å². The highest BCUT2D eigenvalue weighted by Gasteiger charge is 2.07. The Morgan fingerprint density at radius 3 is 1.86 bits per heavy atom. The van der Waals surface area contributed by atoms with Crippen molar-refractivity contribution in [3.63, 3.8) is 0 Å². The summed E-state index contributed by atoms with van der Waals surface area (Å²) in [5, 5.41) is 0.581. The van der Waals surface area contributed by atoms with Crippen molar-refractivity contribution in [1.82, 2.24) is 0 Å². The molecule has 0 fully saturated rings. The molecule has 0 amide bonds. The summed E-state index contributed by atoms with van der Waals surface area (Å²) in [6.07, 6.45) is 7.78. The maximum atomic E-state index is 6.15. The zero-order chi connectivity index (χ0) is 10.8. The minimum Gasteiger partial charge on any atom is -0.127 e. The molecule has 0 radical (unpaired) electrons. The summed E-state index contributed by atoms with van der Waals surface area (Å²) < 4.78 is 0. The lowest BCUT2D eigenvalue weighted by atomic mass is 10.1. The van der Waals surface area contributed by atoms with E-state index in [0.717, 1.165) is 32.1 Å². The summed E-state index contributed by atoms with van der Waals surface area (Å²) >= 11 is 17.8. The van der Waals surface area contributed by atoms with Crippen LogP contribution in [0.4, 0.5) is 0 Å². The fraction of sp³-hybridized carbons (Fsp3) is 1.00.